The number of carboxylic acids is 1. The monoisotopic (exact) mass is 313 g/mol. The predicted octanol–water partition coefficient (Wildman–Crippen LogP) is 2.65. The second-order valence-electron chi connectivity index (χ2n) is 4.69. The molecule has 0 saturated carbocycles. The van der Waals surface area contributed by atoms with Crippen molar-refractivity contribution in [1.29, 1.82) is 0 Å². The Morgan fingerprint density at radius 2 is 2.18 bits per heavy atom. The first-order valence-electron chi connectivity index (χ1n) is 6.34. The highest BCUT2D eigenvalue weighted by atomic mass is 35.5. The van der Waals surface area contributed by atoms with Crippen molar-refractivity contribution < 1.29 is 9.90 Å². The fraction of sp³-hybridized carbons (Fsp3) is 0. The van der Waals surface area contributed by atoms with Crippen molar-refractivity contribution in [2.45, 2.75) is 0 Å². The summed E-state index contributed by atoms with van der Waals surface area (Å²) in [6.07, 6.45) is 4.58. The standard InChI is InChI=1S/C14H8ClN5O2/c15-8-2-1-7-4-18-20(10(7)3-8)11-6-17-13-12(19-11)9(5-16-13)14(21)22/h1-6H,(H,16,17)(H,21,22). The van der Waals surface area contributed by atoms with Crippen molar-refractivity contribution in [3.05, 3.63) is 47.4 Å². The second-order valence-corrected chi connectivity index (χ2v) is 5.13. The number of halogens is 1. The molecule has 1 aromatic carbocycles. The van der Waals surface area contributed by atoms with Crippen LogP contribution in [0.4, 0.5) is 0 Å². The average Bonchev–Trinajstić information content (AvgIpc) is 3.09. The third-order valence-corrected chi connectivity index (χ3v) is 3.58. The largest absolute Gasteiger partial charge is 0.478 e. The van der Waals surface area contributed by atoms with Crippen LogP contribution in [0, 0.1) is 0 Å². The summed E-state index contributed by atoms with van der Waals surface area (Å²) in [5.74, 6) is -0.641. The average molecular weight is 314 g/mol. The van der Waals surface area contributed by atoms with Crippen LogP contribution < -0.4 is 0 Å². The number of carbonyl (C=O) groups is 1. The molecule has 0 amide bonds. The number of nitrogens with zero attached hydrogens (tertiary/aromatic N) is 4. The van der Waals surface area contributed by atoms with Gasteiger partial charge in [-0.3, -0.25) is 0 Å². The van der Waals surface area contributed by atoms with E-state index in [-0.39, 0.29) is 11.1 Å². The minimum Gasteiger partial charge on any atom is -0.478 e. The van der Waals surface area contributed by atoms with Gasteiger partial charge in [-0.25, -0.2) is 19.4 Å². The van der Waals surface area contributed by atoms with Gasteiger partial charge in [0.1, 0.15) is 11.1 Å². The van der Waals surface area contributed by atoms with Gasteiger partial charge >= 0.3 is 5.97 Å². The van der Waals surface area contributed by atoms with Gasteiger partial charge in [0.05, 0.1) is 17.9 Å². The van der Waals surface area contributed by atoms with E-state index < -0.39 is 5.97 Å². The molecule has 4 aromatic rings. The molecular formula is C14H8ClN5O2. The third-order valence-electron chi connectivity index (χ3n) is 3.35. The molecule has 0 spiro atoms. The van der Waals surface area contributed by atoms with E-state index in [2.05, 4.69) is 20.1 Å². The molecule has 0 unspecified atom stereocenters. The Kier molecular flexibility index (Phi) is 2.64. The molecular weight excluding hydrogens is 306 g/mol. The van der Waals surface area contributed by atoms with Crippen LogP contribution in [0.25, 0.3) is 27.9 Å². The Bertz CT molecular complexity index is 1040. The summed E-state index contributed by atoms with van der Waals surface area (Å²) in [6.45, 7) is 0. The number of hydrogen-bond acceptors (Lipinski definition) is 4. The Hall–Kier alpha value is -2.93. The van der Waals surface area contributed by atoms with Crippen molar-refractivity contribution in [1.82, 2.24) is 24.7 Å². The zero-order valence-electron chi connectivity index (χ0n) is 11.0. The maximum absolute atomic E-state index is 11.2. The van der Waals surface area contributed by atoms with E-state index in [0.29, 0.717) is 16.5 Å². The van der Waals surface area contributed by atoms with Gasteiger partial charge in [0.25, 0.3) is 0 Å². The van der Waals surface area contributed by atoms with Crippen LogP contribution in [0.5, 0.6) is 0 Å². The molecule has 4 rings (SSSR count). The van der Waals surface area contributed by atoms with Crippen LogP contribution in [-0.2, 0) is 0 Å². The molecule has 7 nitrogen and oxygen atoms in total. The lowest BCUT2D eigenvalue weighted by atomic mass is 10.2. The maximum atomic E-state index is 11.2. The van der Waals surface area contributed by atoms with E-state index in [9.17, 15) is 9.90 Å². The van der Waals surface area contributed by atoms with Crippen molar-refractivity contribution in [2.75, 3.05) is 0 Å². The van der Waals surface area contributed by atoms with Gasteiger partial charge < -0.3 is 10.1 Å². The van der Waals surface area contributed by atoms with E-state index in [4.69, 9.17) is 11.6 Å². The number of aromatic nitrogens is 5. The summed E-state index contributed by atoms with van der Waals surface area (Å²) in [4.78, 5) is 22.5. The first-order chi connectivity index (χ1) is 10.6. The minimum absolute atomic E-state index is 0.0684. The zero-order chi connectivity index (χ0) is 15.3. The highest BCUT2D eigenvalue weighted by Gasteiger charge is 2.15. The van der Waals surface area contributed by atoms with Crippen LogP contribution >= 0.6 is 11.6 Å². The van der Waals surface area contributed by atoms with E-state index in [1.807, 2.05) is 6.07 Å². The SMILES string of the molecule is O=C(O)c1c[nH]c2ncc(-n3ncc4ccc(Cl)cc43)nc12. The molecule has 3 heterocycles. The number of aromatic amines is 1. The first kappa shape index (κ1) is 12.8. The number of benzene rings is 1. The summed E-state index contributed by atoms with van der Waals surface area (Å²) in [6, 6.07) is 5.40. The number of carboxylic acid groups (broad SMARTS) is 1. The fourth-order valence-electron chi connectivity index (χ4n) is 2.32. The van der Waals surface area contributed by atoms with Gasteiger partial charge in [-0.1, -0.05) is 11.6 Å². The molecule has 0 aliphatic rings. The number of fused-ring (bicyclic) bond motifs is 2. The Morgan fingerprint density at radius 3 is 3.00 bits per heavy atom. The number of nitrogens with one attached hydrogen (secondary N) is 1. The highest BCUT2D eigenvalue weighted by Crippen LogP contribution is 2.22. The summed E-state index contributed by atoms with van der Waals surface area (Å²) in [5.41, 5.74) is 1.54. The van der Waals surface area contributed by atoms with Gasteiger partial charge in [0, 0.05) is 16.6 Å². The maximum Gasteiger partial charge on any atom is 0.339 e. The molecule has 0 atom stereocenters. The molecule has 0 bridgehead atoms. The molecule has 0 fully saturated rings. The van der Waals surface area contributed by atoms with Crippen molar-refractivity contribution >= 4 is 39.6 Å². The van der Waals surface area contributed by atoms with Crippen molar-refractivity contribution in [3.63, 3.8) is 0 Å². The number of hydrogen-bond donors (Lipinski definition) is 2. The number of aromatic carboxylic acids is 1. The molecule has 0 radical (unpaired) electrons. The summed E-state index contributed by atoms with van der Waals surface area (Å²) >= 11 is 6.02. The Balaban J connectivity index is 1.98. The normalized spacial score (nSPS) is 11.3. The lowest BCUT2D eigenvalue weighted by Gasteiger charge is -2.03. The lowest BCUT2D eigenvalue weighted by Crippen LogP contribution is -2.02. The van der Waals surface area contributed by atoms with Crippen LogP contribution in [0.15, 0.2) is 36.8 Å². The Morgan fingerprint density at radius 1 is 1.32 bits per heavy atom. The molecule has 8 heteroatoms. The smallest absolute Gasteiger partial charge is 0.339 e. The van der Waals surface area contributed by atoms with Crippen LogP contribution in [0.3, 0.4) is 0 Å². The van der Waals surface area contributed by atoms with E-state index in [1.54, 1.807) is 23.0 Å². The number of H-pyrrole nitrogens is 1. The topological polar surface area (TPSA) is 96.7 Å². The summed E-state index contributed by atoms with van der Waals surface area (Å²) in [5, 5.41) is 14.9. The zero-order valence-corrected chi connectivity index (χ0v) is 11.7. The summed E-state index contributed by atoms with van der Waals surface area (Å²) in [7, 11) is 0. The fourth-order valence-corrected chi connectivity index (χ4v) is 2.49. The van der Waals surface area contributed by atoms with Gasteiger partial charge in [-0.2, -0.15) is 5.10 Å². The molecule has 108 valence electrons. The third kappa shape index (κ3) is 1.83. The molecule has 2 N–H and O–H groups in total. The Labute approximate surface area is 128 Å². The van der Waals surface area contributed by atoms with E-state index in [1.165, 1.54) is 12.4 Å². The molecule has 22 heavy (non-hydrogen) atoms. The number of rotatable bonds is 2. The predicted molar refractivity (Wildman–Crippen MR) is 80.5 cm³/mol. The van der Waals surface area contributed by atoms with Crippen LogP contribution in [0.1, 0.15) is 10.4 Å². The summed E-state index contributed by atoms with van der Waals surface area (Å²) < 4.78 is 1.58. The molecule has 0 saturated heterocycles. The highest BCUT2D eigenvalue weighted by molar-refractivity contribution is 6.31. The van der Waals surface area contributed by atoms with Gasteiger partial charge in [-0.15, -0.1) is 0 Å². The van der Waals surface area contributed by atoms with Crippen molar-refractivity contribution in [3.8, 4) is 5.82 Å². The second kappa shape index (κ2) is 4.54. The van der Waals surface area contributed by atoms with Crippen LogP contribution in [0.2, 0.25) is 5.02 Å². The first-order valence-corrected chi connectivity index (χ1v) is 6.72. The lowest BCUT2D eigenvalue weighted by molar-refractivity contribution is 0.0699. The molecule has 3 aromatic heterocycles. The van der Waals surface area contributed by atoms with E-state index >= 15 is 0 Å². The van der Waals surface area contributed by atoms with Gasteiger partial charge in [-0.05, 0) is 18.2 Å². The van der Waals surface area contributed by atoms with Gasteiger partial charge in [0.15, 0.2) is 11.5 Å². The minimum atomic E-state index is -1.06. The molecule has 0 aliphatic heterocycles. The quantitative estimate of drug-likeness (QED) is 0.593. The molecule has 0 aliphatic carbocycles. The van der Waals surface area contributed by atoms with Crippen LogP contribution in [-0.4, -0.2) is 35.8 Å². The van der Waals surface area contributed by atoms with Gasteiger partial charge in [0.2, 0.25) is 0 Å². The van der Waals surface area contributed by atoms with Crippen molar-refractivity contribution in [2.24, 2.45) is 0 Å². The van der Waals surface area contributed by atoms with E-state index in [0.717, 1.165) is 10.9 Å².